The van der Waals surface area contributed by atoms with Crippen molar-refractivity contribution in [1.29, 1.82) is 0 Å². The zero-order valence-corrected chi connectivity index (χ0v) is 45.6. The average Bonchev–Trinajstić information content (AvgIpc) is 2.23. The summed E-state index contributed by atoms with van der Waals surface area (Å²) in [5, 5.41) is 0. The number of benzene rings is 13. The van der Waals surface area contributed by atoms with Gasteiger partial charge < -0.3 is 14.4 Å². The second-order valence-corrected chi connectivity index (χ2v) is 23.2. The van der Waals surface area contributed by atoms with E-state index in [1.165, 1.54) is 89.0 Å². The van der Waals surface area contributed by atoms with Gasteiger partial charge in [-0.05, 0) is 155 Å². The number of fused-ring (bicyclic) bond motifs is 28. The summed E-state index contributed by atoms with van der Waals surface area (Å²) in [5.74, 6) is 3.54. The van der Waals surface area contributed by atoms with E-state index in [1.807, 2.05) is 0 Å². The molecule has 13 aromatic carbocycles. The highest BCUT2D eigenvalue weighted by Gasteiger charge is 2.55. The lowest BCUT2D eigenvalue weighted by Gasteiger charge is -2.39. The average molecular weight is 1070 g/mol. The minimum Gasteiger partial charge on any atom is -0.457 e. The Morgan fingerprint density at radius 1 is 0.214 bits per heavy atom. The fraction of sp³-hybridized carbons (Fsp3) is 0.0370. The first-order chi connectivity index (χ1) is 41.7. The Kier molecular flexibility index (Phi) is 9.13. The molecule has 0 aromatic heterocycles. The molecular weight excluding hydrogens is 1020 g/mol. The van der Waals surface area contributed by atoms with E-state index < -0.39 is 16.2 Å². The molecule has 0 fully saturated rings. The number of nitrogens with zero attached hydrogens (tertiary/aromatic N) is 1. The van der Waals surface area contributed by atoms with Crippen LogP contribution in [0.2, 0.25) is 0 Å². The van der Waals surface area contributed by atoms with Gasteiger partial charge in [-0.2, -0.15) is 0 Å². The van der Waals surface area contributed by atoms with Crippen molar-refractivity contribution >= 4 is 17.1 Å². The van der Waals surface area contributed by atoms with Gasteiger partial charge in [-0.25, -0.2) is 0 Å². The Bertz CT molecular complexity index is 4870. The molecule has 0 N–H and O–H groups in total. The maximum absolute atomic E-state index is 6.83. The maximum atomic E-state index is 6.83. The van der Waals surface area contributed by atoms with Crippen LogP contribution < -0.4 is 14.4 Å². The van der Waals surface area contributed by atoms with Crippen molar-refractivity contribution in [2.75, 3.05) is 4.90 Å². The highest BCUT2D eigenvalue weighted by Crippen LogP contribution is 2.67. The summed E-state index contributed by atoms with van der Waals surface area (Å²) in [4.78, 5) is 2.56. The Balaban J connectivity index is 0.864. The van der Waals surface area contributed by atoms with Crippen LogP contribution in [-0.2, 0) is 16.2 Å². The monoisotopic (exact) mass is 1070 g/mol. The summed E-state index contributed by atoms with van der Waals surface area (Å²) >= 11 is 0. The van der Waals surface area contributed by atoms with Crippen molar-refractivity contribution in [2.24, 2.45) is 0 Å². The molecule has 13 aromatic rings. The normalized spacial score (nSPS) is 14.9. The molecule has 2 aliphatic heterocycles. The molecule has 2 heterocycles. The van der Waals surface area contributed by atoms with E-state index in [-0.39, 0.29) is 0 Å². The number of hydrogen-bond acceptors (Lipinski definition) is 3. The first-order valence-corrected chi connectivity index (χ1v) is 29.2. The molecule has 0 atom stereocenters. The Morgan fingerprint density at radius 2 is 0.571 bits per heavy atom. The highest BCUT2D eigenvalue weighted by atomic mass is 16.5. The molecule has 19 rings (SSSR count). The van der Waals surface area contributed by atoms with Crippen LogP contribution in [0, 0.1) is 0 Å². The van der Waals surface area contributed by atoms with Crippen LogP contribution in [0.5, 0.6) is 23.0 Å². The van der Waals surface area contributed by atoms with E-state index in [4.69, 9.17) is 9.47 Å². The first kappa shape index (κ1) is 45.9. The number of hydrogen-bond donors (Lipinski definition) is 0. The van der Waals surface area contributed by atoms with E-state index in [0.29, 0.717) is 0 Å². The van der Waals surface area contributed by atoms with E-state index in [9.17, 15) is 0 Å². The number of para-hydroxylation sites is 4. The van der Waals surface area contributed by atoms with Gasteiger partial charge >= 0.3 is 0 Å². The number of rotatable bonds is 4. The molecule has 0 bridgehead atoms. The second-order valence-electron chi connectivity index (χ2n) is 23.2. The van der Waals surface area contributed by atoms with Gasteiger partial charge in [-0.1, -0.05) is 237 Å². The number of anilines is 3. The fourth-order valence-electron chi connectivity index (χ4n) is 16.6. The lowest BCUT2D eigenvalue weighted by Crippen LogP contribution is -2.32. The van der Waals surface area contributed by atoms with Crippen molar-refractivity contribution in [1.82, 2.24) is 0 Å². The van der Waals surface area contributed by atoms with Crippen molar-refractivity contribution in [3.05, 3.63) is 364 Å². The van der Waals surface area contributed by atoms with Gasteiger partial charge in [0.25, 0.3) is 0 Å². The van der Waals surface area contributed by atoms with E-state index in [1.54, 1.807) is 0 Å². The minimum atomic E-state index is -0.647. The van der Waals surface area contributed by atoms with Gasteiger partial charge in [-0.15, -0.1) is 0 Å². The van der Waals surface area contributed by atoms with E-state index in [0.717, 1.165) is 73.4 Å². The summed E-state index contributed by atoms with van der Waals surface area (Å²) < 4.78 is 13.5. The summed E-state index contributed by atoms with van der Waals surface area (Å²) in [6.07, 6.45) is 0. The van der Waals surface area contributed by atoms with Gasteiger partial charge in [0.2, 0.25) is 0 Å². The van der Waals surface area contributed by atoms with Crippen LogP contribution in [0.3, 0.4) is 0 Å². The van der Waals surface area contributed by atoms with Gasteiger partial charge in [-0.3, -0.25) is 0 Å². The molecule has 0 saturated heterocycles. The van der Waals surface area contributed by atoms with Crippen molar-refractivity contribution in [2.45, 2.75) is 16.2 Å². The van der Waals surface area contributed by atoms with Crippen molar-refractivity contribution < 1.29 is 9.47 Å². The molecular formula is C81H49NO2. The maximum Gasteiger partial charge on any atom is 0.132 e. The third kappa shape index (κ3) is 5.62. The molecule has 0 saturated carbocycles. The molecule has 0 amide bonds. The van der Waals surface area contributed by atoms with Gasteiger partial charge in [0.1, 0.15) is 23.0 Å². The molecule has 84 heavy (non-hydrogen) atoms. The van der Waals surface area contributed by atoms with E-state index in [2.05, 4.69) is 302 Å². The van der Waals surface area contributed by atoms with Crippen LogP contribution in [0.4, 0.5) is 17.1 Å². The van der Waals surface area contributed by atoms with Crippen LogP contribution >= 0.6 is 0 Å². The lowest BCUT2D eigenvalue weighted by molar-refractivity contribution is 0.436. The zero-order chi connectivity index (χ0) is 54.9. The molecule has 0 unspecified atom stereocenters. The van der Waals surface area contributed by atoms with Crippen LogP contribution in [0.1, 0.15) is 66.8 Å². The topological polar surface area (TPSA) is 21.7 Å². The summed E-state index contributed by atoms with van der Waals surface area (Å²) in [5.41, 5.74) is 28.7. The molecule has 6 aliphatic rings. The lowest BCUT2D eigenvalue weighted by atomic mass is 9.66. The first-order valence-electron chi connectivity index (χ1n) is 29.2. The van der Waals surface area contributed by atoms with Crippen LogP contribution in [0.25, 0.3) is 55.6 Å². The van der Waals surface area contributed by atoms with E-state index >= 15 is 0 Å². The van der Waals surface area contributed by atoms with Crippen molar-refractivity contribution in [3.8, 4) is 78.6 Å². The Hall–Kier alpha value is -10.7. The molecule has 0 radical (unpaired) electrons. The second kappa shape index (κ2) is 16.7. The SMILES string of the molecule is c1cc(-c2ccc3c(c2)-c2ccccc2C32c3ccccc3Oc3ccccc32)cc(N(c2ccc3c(c2)C2(c4ccccc4-c4ccccc42)c2ccccc2-3)c2cccc3c2-c2ccccc2C32c3ccccc3Oc3ccccc32)c1. The fourth-order valence-corrected chi connectivity index (χ4v) is 16.6. The van der Waals surface area contributed by atoms with Gasteiger partial charge in [0, 0.05) is 39.2 Å². The summed E-state index contributed by atoms with van der Waals surface area (Å²) in [6.45, 7) is 0. The van der Waals surface area contributed by atoms with Crippen molar-refractivity contribution in [3.63, 3.8) is 0 Å². The summed E-state index contributed by atoms with van der Waals surface area (Å²) in [6, 6.07) is 111. The van der Waals surface area contributed by atoms with Gasteiger partial charge in [0.15, 0.2) is 0 Å². The predicted octanol–water partition coefficient (Wildman–Crippen LogP) is 20.1. The number of ether oxygens (including phenoxy) is 2. The molecule has 3 heteroatoms. The molecule has 3 spiro atoms. The third-order valence-electron chi connectivity index (χ3n) is 19.6. The predicted molar refractivity (Wildman–Crippen MR) is 338 cm³/mol. The smallest absolute Gasteiger partial charge is 0.132 e. The molecule has 3 nitrogen and oxygen atoms in total. The van der Waals surface area contributed by atoms with Gasteiger partial charge in [0.05, 0.1) is 21.9 Å². The largest absolute Gasteiger partial charge is 0.457 e. The zero-order valence-electron chi connectivity index (χ0n) is 45.6. The standard InChI is InChI=1S/C81H49NO2/c1-6-28-61-54(23-1)55-24-2-7-29-62(55)79(61)63-30-8-3-25-56(63)58-45-44-53(49-72(58)79)82(73-38-20-37-71-78(73)59-27-5-10-32-65(59)81(71)69-35-13-17-41-76(69)84-77-42-18-14-36-70(77)81)52-22-19-21-50(47-52)51-43-46-66-60(48-51)57-26-4-9-31-64(57)80(66)67-33-11-15-39-74(67)83-75-40-16-12-34-68(75)80/h1-49H. The van der Waals surface area contributed by atoms with Crippen LogP contribution in [-0.4, -0.2) is 0 Å². The minimum absolute atomic E-state index is 0.531. The summed E-state index contributed by atoms with van der Waals surface area (Å²) in [7, 11) is 0. The third-order valence-corrected chi connectivity index (χ3v) is 19.6. The Morgan fingerprint density at radius 3 is 1.10 bits per heavy atom. The quantitative estimate of drug-likeness (QED) is 0.175. The highest BCUT2D eigenvalue weighted by molar-refractivity contribution is 6.01. The Labute approximate surface area is 487 Å². The van der Waals surface area contributed by atoms with Crippen LogP contribution in [0.15, 0.2) is 297 Å². The molecule has 390 valence electrons. The molecule has 4 aliphatic carbocycles.